The van der Waals surface area contributed by atoms with Gasteiger partial charge in [0.05, 0.1) is 0 Å². The molecule has 0 fully saturated rings. The number of aromatic nitrogens is 1. The average molecular weight is 359 g/mol. The van der Waals surface area contributed by atoms with Gasteiger partial charge in [-0.2, -0.15) is 0 Å². The van der Waals surface area contributed by atoms with Crippen molar-refractivity contribution in [3.8, 4) is 0 Å². The first-order chi connectivity index (χ1) is 12.8. The summed E-state index contributed by atoms with van der Waals surface area (Å²) in [6.45, 7) is 6.07. The van der Waals surface area contributed by atoms with Crippen molar-refractivity contribution in [2.75, 3.05) is 5.32 Å². The molecule has 1 aromatic heterocycles. The van der Waals surface area contributed by atoms with Crippen LogP contribution < -0.4 is 10.9 Å². The summed E-state index contributed by atoms with van der Waals surface area (Å²) in [6, 6.07) is 13.8. The van der Waals surface area contributed by atoms with E-state index < -0.39 is 6.10 Å². The van der Waals surface area contributed by atoms with Crippen LogP contribution in [0.3, 0.4) is 0 Å². The molecule has 0 aliphatic heterocycles. The first-order valence-corrected chi connectivity index (χ1v) is 9.10. The van der Waals surface area contributed by atoms with Gasteiger partial charge in [0.15, 0.2) is 0 Å². The Morgan fingerprint density at radius 2 is 1.96 bits per heavy atom. The number of aliphatic hydroxyl groups is 1. The molecule has 0 aliphatic carbocycles. The Balaban J connectivity index is 1.88. The first-order valence-electron chi connectivity index (χ1n) is 9.10. The van der Waals surface area contributed by atoms with Crippen molar-refractivity contribution in [3.63, 3.8) is 0 Å². The maximum atomic E-state index is 12.7. The van der Waals surface area contributed by atoms with E-state index in [-0.39, 0.29) is 12.1 Å². The molecule has 0 aliphatic rings. The van der Waals surface area contributed by atoms with Crippen molar-refractivity contribution >= 4 is 29.5 Å². The molecule has 0 amide bonds. The van der Waals surface area contributed by atoms with E-state index in [1.165, 1.54) is 21.3 Å². The molecule has 0 spiro atoms. The molecule has 27 heavy (non-hydrogen) atoms. The van der Waals surface area contributed by atoms with Crippen molar-refractivity contribution in [1.82, 2.24) is 4.57 Å². The summed E-state index contributed by atoms with van der Waals surface area (Å²) in [7, 11) is 6.27. The normalized spacial score (nSPS) is 12.1. The third-order valence-electron chi connectivity index (χ3n) is 4.66. The van der Waals surface area contributed by atoms with Crippen LogP contribution in [0.15, 0.2) is 53.5 Å². The quantitative estimate of drug-likeness (QED) is 0.666. The molecule has 3 aromatic rings. The molecular formula is C22H24BN2O2. The number of pyridine rings is 1. The minimum atomic E-state index is -0.581. The molecule has 5 heteroatoms. The van der Waals surface area contributed by atoms with Crippen molar-refractivity contribution in [2.45, 2.75) is 39.8 Å². The fourth-order valence-corrected chi connectivity index (χ4v) is 3.27. The molecule has 4 nitrogen and oxygen atoms in total. The first kappa shape index (κ1) is 19.1. The van der Waals surface area contributed by atoms with Crippen LogP contribution in [0.4, 0.5) is 5.69 Å². The summed E-state index contributed by atoms with van der Waals surface area (Å²) in [6.07, 6.45) is 1.75. The number of nitrogens with zero attached hydrogens (tertiary/aromatic N) is 1. The predicted octanol–water partition coefficient (Wildman–Crippen LogP) is 2.95. The van der Waals surface area contributed by atoms with Gasteiger partial charge in [-0.15, -0.1) is 0 Å². The van der Waals surface area contributed by atoms with Gasteiger partial charge >= 0.3 is 160 Å². The van der Waals surface area contributed by atoms with Gasteiger partial charge in [0.2, 0.25) is 0 Å². The van der Waals surface area contributed by atoms with Crippen LogP contribution in [0.1, 0.15) is 23.6 Å². The Kier molecular flexibility index (Phi) is 5.61. The van der Waals surface area contributed by atoms with E-state index in [9.17, 15) is 9.90 Å². The van der Waals surface area contributed by atoms with Crippen molar-refractivity contribution in [2.24, 2.45) is 0 Å². The number of rotatable bonds is 6. The van der Waals surface area contributed by atoms with Gasteiger partial charge in [-0.1, -0.05) is 0 Å². The van der Waals surface area contributed by atoms with Gasteiger partial charge in [-0.3, -0.25) is 0 Å². The number of benzene rings is 2. The summed E-state index contributed by atoms with van der Waals surface area (Å²) >= 11 is 0. The van der Waals surface area contributed by atoms with Crippen molar-refractivity contribution in [1.29, 1.82) is 0 Å². The number of hydrogen-bond donors (Lipinski definition) is 2. The Bertz CT molecular complexity index is 1050. The molecule has 0 saturated carbocycles. The SMILES string of the molecule is [B]=C(Cc1cc(C)ccc1C)Nc1cccc2c(=O)n(CC(C)O)ccc12. The van der Waals surface area contributed by atoms with E-state index in [1.54, 1.807) is 19.2 Å². The molecule has 0 bridgehead atoms. The fourth-order valence-electron chi connectivity index (χ4n) is 3.27. The van der Waals surface area contributed by atoms with E-state index >= 15 is 0 Å². The van der Waals surface area contributed by atoms with Gasteiger partial charge in [0.1, 0.15) is 0 Å². The average Bonchev–Trinajstić information content (AvgIpc) is 2.61. The Hall–Kier alpha value is -2.66. The third-order valence-corrected chi connectivity index (χ3v) is 4.66. The molecule has 1 atom stereocenters. The molecule has 1 unspecified atom stereocenters. The molecule has 1 heterocycles. The number of nitrogens with one attached hydrogen (secondary N) is 1. The third kappa shape index (κ3) is 4.37. The summed E-state index contributed by atoms with van der Waals surface area (Å²) in [5.74, 6) is 0. The van der Waals surface area contributed by atoms with Gasteiger partial charge in [-0.05, 0) is 0 Å². The topological polar surface area (TPSA) is 54.3 Å². The van der Waals surface area contributed by atoms with Crippen molar-refractivity contribution < 1.29 is 5.11 Å². The number of aliphatic hydroxyl groups excluding tert-OH is 1. The Labute approximate surface area is 160 Å². The Morgan fingerprint density at radius 1 is 1.19 bits per heavy atom. The monoisotopic (exact) mass is 359 g/mol. The molecule has 2 N–H and O–H groups in total. The second-order valence-electron chi connectivity index (χ2n) is 7.15. The van der Waals surface area contributed by atoms with E-state index in [1.807, 2.05) is 18.2 Å². The number of fused-ring (bicyclic) bond motifs is 1. The van der Waals surface area contributed by atoms with Gasteiger partial charge < -0.3 is 0 Å². The van der Waals surface area contributed by atoms with E-state index in [0.29, 0.717) is 17.4 Å². The number of anilines is 1. The molecule has 2 aromatic carbocycles. The van der Waals surface area contributed by atoms with E-state index in [2.05, 4.69) is 37.4 Å². The predicted molar refractivity (Wildman–Crippen MR) is 114 cm³/mol. The van der Waals surface area contributed by atoms with Gasteiger partial charge in [0, 0.05) is 0 Å². The molecule has 1 radical (unpaired) electrons. The zero-order valence-electron chi connectivity index (χ0n) is 16.0. The molecule has 3 rings (SSSR count). The molecule has 0 saturated heterocycles. The van der Waals surface area contributed by atoms with Crippen LogP contribution in [0, 0.1) is 13.8 Å². The van der Waals surface area contributed by atoms with Gasteiger partial charge in [-0.25, -0.2) is 0 Å². The van der Waals surface area contributed by atoms with Crippen LogP contribution >= 0.6 is 0 Å². The van der Waals surface area contributed by atoms with Crippen LogP contribution in [-0.4, -0.2) is 28.9 Å². The van der Waals surface area contributed by atoms with Crippen LogP contribution in [-0.2, 0) is 13.0 Å². The number of hydrogen-bond acceptors (Lipinski definition) is 3. The van der Waals surface area contributed by atoms with E-state index in [4.69, 9.17) is 7.49 Å². The minimum absolute atomic E-state index is 0.120. The summed E-state index contributed by atoms with van der Waals surface area (Å²) < 4.78 is 1.53. The van der Waals surface area contributed by atoms with Crippen molar-refractivity contribution in [3.05, 3.63) is 75.7 Å². The molecular weight excluding hydrogens is 335 g/mol. The summed E-state index contributed by atoms with van der Waals surface area (Å²) in [4.78, 5) is 12.7. The zero-order chi connectivity index (χ0) is 19.6. The van der Waals surface area contributed by atoms with Crippen LogP contribution in [0.5, 0.6) is 0 Å². The van der Waals surface area contributed by atoms with Gasteiger partial charge in [0.25, 0.3) is 0 Å². The Morgan fingerprint density at radius 3 is 2.70 bits per heavy atom. The number of aryl methyl sites for hydroxylation is 2. The van der Waals surface area contributed by atoms with Crippen LogP contribution in [0.2, 0.25) is 0 Å². The molecule has 137 valence electrons. The maximum absolute atomic E-state index is 12.7. The van der Waals surface area contributed by atoms with E-state index in [0.717, 1.165) is 11.1 Å². The fraction of sp³-hybridized carbons (Fsp3) is 0.273. The van der Waals surface area contributed by atoms with Crippen LogP contribution in [0.25, 0.3) is 10.8 Å². The summed E-state index contributed by atoms with van der Waals surface area (Å²) in [5, 5.41) is 14.2. The standard InChI is InChI=1S/C22H24BN2O2/c1-14-7-8-15(2)17(11-14)12-21(23)24-20-6-4-5-19-18(20)9-10-25(22(19)27)13-16(3)26/h4-11,16,24,26H,12-13H2,1-3H3. The summed E-state index contributed by atoms with van der Waals surface area (Å²) in [5.41, 5.74) is 4.89. The second kappa shape index (κ2) is 7.93. The second-order valence-corrected chi connectivity index (χ2v) is 7.15. The zero-order valence-corrected chi connectivity index (χ0v) is 16.0.